The van der Waals surface area contributed by atoms with E-state index in [1.807, 2.05) is 12.1 Å². The molecule has 1 atom stereocenters. The molecule has 1 aromatic carbocycles. The normalized spacial score (nSPS) is 12.2. The molecule has 0 saturated heterocycles. The predicted octanol–water partition coefficient (Wildman–Crippen LogP) is 3.04. The molecule has 76 valence electrons. The van der Waals surface area contributed by atoms with Gasteiger partial charge in [-0.3, -0.25) is 4.79 Å². The van der Waals surface area contributed by atoms with Crippen molar-refractivity contribution < 1.29 is 9.53 Å². The zero-order chi connectivity index (χ0) is 10.6. The number of hydrogen-bond donors (Lipinski definition) is 0. The van der Waals surface area contributed by atoms with Gasteiger partial charge in [0.15, 0.2) is 5.78 Å². The van der Waals surface area contributed by atoms with Gasteiger partial charge in [-0.15, -0.1) is 0 Å². The number of carbonyl (C=O) groups is 1. The van der Waals surface area contributed by atoms with Crippen LogP contribution >= 0.6 is 31.9 Å². The van der Waals surface area contributed by atoms with Crippen molar-refractivity contribution in [1.82, 2.24) is 0 Å². The van der Waals surface area contributed by atoms with Gasteiger partial charge < -0.3 is 4.74 Å². The fraction of sp³-hybridized carbons (Fsp3) is 0.300. The van der Waals surface area contributed by atoms with Crippen molar-refractivity contribution in [1.29, 1.82) is 0 Å². The summed E-state index contributed by atoms with van der Waals surface area (Å²) in [4.78, 5) is 11.6. The van der Waals surface area contributed by atoms with Gasteiger partial charge in [-0.1, -0.05) is 44.0 Å². The van der Waals surface area contributed by atoms with E-state index in [0.29, 0.717) is 16.6 Å². The smallest absolute Gasteiger partial charge is 0.181 e. The van der Waals surface area contributed by atoms with Crippen LogP contribution in [-0.4, -0.2) is 23.1 Å². The van der Waals surface area contributed by atoms with E-state index in [0.717, 1.165) is 0 Å². The Bertz CT molecular complexity index is 326. The fourth-order valence-corrected chi connectivity index (χ4v) is 1.63. The average Bonchev–Trinajstić information content (AvgIpc) is 2.26. The Morgan fingerprint density at radius 3 is 2.71 bits per heavy atom. The van der Waals surface area contributed by atoms with Gasteiger partial charge in [0.1, 0.15) is 5.75 Å². The lowest BCUT2D eigenvalue weighted by Crippen LogP contribution is -2.16. The molecule has 0 radical (unpaired) electrons. The van der Waals surface area contributed by atoms with Gasteiger partial charge in [-0.2, -0.15) is 0 Å². The quantitative estimate of drug-likeness (QED) is 0.629. The number of ether oxygens (including phenoxy) is 1. The Morgan fingerprint density at radius 2 is 2.14 bits per heavy atom. The fourth-order valence-electron chi connectivity index (χ4n) is 1.09. The number of Topliss-reactive ketones (excluding diaryl/α,β-unsaturated/α-hetero) is 1. The molecule has 0 aliphatic carbocycles. The molecule has 1 rings (SSSR count). The molecule has 0 fully saturated rings. The first-order chi connectivity index (χ1) is 6.70. The Labute approximate surface area is 99.9 Å². The van der Waals surface area contributed by atoms with Gasteiger partial charge >= 0.3 is 0 Å². The van der Waals surface area contributed by atoms with Crippen LogP contribution in [0, 0.1) is 0 Å². The Morgan fingerprint density at radius 1 is 1.50 bits per heavy atom. The van der Waals surface area contributed by atoms with Gasteiger partial charge in [0.05, 0.1) is 17.5 Å². The third kappa shape index (κ3) is 2.58. The summed E-state index contributed by atoms with van der Waals surface area (Å²) in [7, 11) is 1.56. The summed E-state index contributed by atoms with van der Waals surface area (Å²) in [6.07, 6.45) is 0. The second-order valence-corrected chi connectivity index (χ2v) is 4.44. The average molecular weight is 322 g/mol. The highest BCUT2D eigenvalue weighted by Gasteiger charge is 2.18. The molecular formula is C10H10Br2O2. The summed E-state index contributed by atoms with van der Waals surface area (Å²) in [6, 6.07) is 7.20. The van der Waals surface area contributed by atoms with E-state index >= 15 is 0 Å². The number of carbonyl (C=O) groups excluding carboxylic acids is 1. The van der Waals surface area contributed by atoms with E-state index in [1.165, 1.54) is 0 Å². The van der Waals surface area contributed by atoms with Crippen molar-refractivity contribution in [2.45, 2.75) is 4.83 Å². The molecule has 4 heteroatoms. The molecule has 0 spiro atoms. The van der Waals surface area contributed by atoms with Gasteiger partial charge in [-0.05, 0) is 12.1 Å². The van der Waals surface area contributed by atoms with E-state index in [1.54, 1.807) is 19.2 Å². The first-order valence-electron chi connectivity index (χ1n) is 4.08. The largest absolute Gasteiger partial charge is 0.496 e. The second kappa shape index (κ2) is 5.51. The summed E-state index contributed by atoms with van der Waals surface area (Å²) in [5, 5.41) is 0.587. The minimum Gasteiger partial charge on any atom is -0.496 e. The van der Waals surface area contributed by atoms with Crippen molar-refractivity contribution in [3.05, 3.63) is 29.8 Å². The maximum Gasteiger partial charge on any atom is 0.181 e. The van der Waals surface area contributed by atoms with Crippen LogP contribution in [0.1, 0.15) is 10.4 Å². The maximum absolute atomic E-state index is 11.8. The molecule has 1 aromatic rings. The molecular weight excluding hydrogens is 312 g/mol. The number of methoxy groups -OCH3 is 1. The van der Waals surface area contributed by atoms with Gasteiger partial charge in [-0.25, -0.2) is 0 Å². The topological polar surface area (TPSA) is 26.3 Å². The Kier molecular flexibility index (Phi) is 4.62. The van der Waals surface area contributed by atoms with E-state index in [-0.39, 0.29) is 10.6 Å². The van der Waals surface area contributed by atoms with Crippen molar-refractivity contribution in [2.75, 3.05) is 12.4 Å². The monoisotopic (exact) mass is 320 g/mol. The highest BCUT2D eigenvalue weighted by Crippen LogP contribution is 2.21. The minimum absolute atomic E-state index is 0.0272. The van der Waals surface area contributed by atoms with Crippen molar-refractivity contribution >= 4 is 37.6 Å². The minimum atomic E-state index is -0.209. The van der Waals surface area contributed by atoms with Crippen molar-refractivity contribution in [3.8, 4) is 5.75 Å². The SMILES string of the molecule is COc1ccccc1C(=O)C(Br)CBr. The van der Waals surface area contributed by atoms with Crippen LogP contribution < -0.4 is 4.74 Å². The number of para-hydroxylation sites is 1. The number of ketones is 1. The molecule has 0 aliphatic heterocycles. The number of alkyl halides is 2. The lowest BCUT2D eigenvalue weighted by atomic mass is 10.1. The van der Waals surface area contributed by atoms with E-state index in [9.17, 15) is 4.79 Å². The van der Waals surface area contributed by atoms with E-state index in [4.69, 9.17) is 4.74 Å². The van der Waals surface area contributed by atoms with Gasteiger partial charge in [0.25, 0.3) is 0 Å². The standard InChI is InChI=1S/C10H10Br2O2/c1-14-9-5-3-2-4-7(9)10(13)8(12)6-11/h2-5,8H,6H2,1H3. The first-order valence-corrected chi connectivity index (χ1v) is 6.11. The van der Waals surface area contributed by atoms with Crippen LogP contribution in [0.4, 0.5) is 0 Å². The van der Waals surface area contributed by atoms with Crippen LogP contribution in [0.5, 0.6) is 5.75 Å². The number of rotatable bonds is 4. The van der Waals surface area contributed by atoms with Crippen LogP contribution in [0.3, 0.4) is 0 Å². The molecule has 2 nitrogen and oxygen atoms in total. The summed E-state index contributed by atoms with van der Waals surface area (Å²) in [5.41, 5.74) is 0.608. The highest BCUT2D eigenvalue weighted by molar-refractivity contribution is 9.12. The molecule has 0 aromatic heterocycles. The van der Waals surface area contributed by atoms with E-state index in [2.05, 4.69) is 31.9 Å². The molecule has 0 saturated carbocycles. The second-order valence-electron chi connectivity index (χ2n) is 2.69. The molecule has 0 bridgehead atoms. The lowest BCUT2D eigenvalue weighted by Gasteiger charge is -2.09. The van der Waals surface area contributed by atoms with Crippen LogP contribution in [0.25, 0.3) is 0 Å². The number of hydrogen-bond acceptors (Lipinski definition) is 2. The zero-order valence-corrected chi connectivity index (χ0v) is 10.8. The van der Waals surface area contributed by atoms with Crippen molar-refractivity contribution in [2.24, 2.45) is 0 Å². The Balaban J connectivity index is 3.00. The third-order valence-electron chi connectivity index (χ3n) is 1.79. The number of benzene rings is 1. The van der Waals surface area contributed by atoms with Crippen LogP contribution in [0.2, 0.25) is 0 Å². The van der Waals surface area contributed by atoms with Crippen molar-refractivity contribution in [3.63, 3.8) is 0 Å². The number of halogens is 2. The van der Waals surface area contributed by atoms with Gasteiger partial charge in [0, 0.05) is 5.33 Å². The molecule has 0 aliphatic rings. The first kappa shape index (κ1) is 11.7. The highest BCUT2D eigenvalue weighted by atomic mass is 79.9. The molecule has 0 heterocycles. The zero-order valence-electron chi connectivity index (χ0n) is 7.67. The predicted molar refractivity (Wildman–Crippen MR) is 63.8 cm³/mol. The third-order valence-corrected chi connectivity index (χ3v) is 4.05. The van der Waals surface area contributed by atoms with E-state index < -0.39 is 0 Å². The maximum atomic E-state index is 11.8. The van der Waals surface area contributed by atoms with Crippen LogP contribution in [-0.2, 0) is 0 Å². The van der Waals surface area contributed by atoms with Gasteiger partial charge in [0.2, 0.25) is 0 Å². The lowest BCUT2D eigenvalue weighted by molar-refractivity contribution is 0.0994. The summed E-state index contributed by atoms with van der Waals surface area (Å²) >= 11 is 6.54. The molecule has 0 N–H and O–H groups in total. The summed E-state index contributed by atoms with van der Waals surface area (Å²) in [6.45, 7) is 0. The summed E-state index contributed by atoms with van der Waals surface area (Å²) in [5.74, 6) is 0.641. The summed E-state index contributed by atoms with van der Waals surface area (Å²) < 4.78 is 5.10. The Hall–Kier alpha value is -0.350. The molecule has 0 amide bonds. The molecule has 14 heavy (non-hydrogen) atoms. The van der Waals surface area contributed by atoms with Crippen LogP contribution in [0.15, 0.2) is 24.3 Å². The molecule has 1 unspecified atom stereocenters.